The van der Waals surface area contributed by atoms with E-state index in [2.05, 4.69) is 10.6 Å². The molecule has 0 fully saturated rings. The Labute approximate surface area is 88.8 Å². The molecule has 0 aliphatic heterocycles. The number of carbonyl (C=O) groups excluding carboxylic acids is 1. The summed E-state index contributed by atoms with van der Waals surface area (Å²) < 4.78 is 0. The SMILES string of the molecule is C/C=C/C(=O)NC[C@H](C(C)C)/[N+]([O-])=N\O. The Morgan fingerprint density at radius 2 is 2.27 bits per heavy atom. The molecule has 0 bridgehead atoms. The molecule has 6 heteroatoms. The molecular weight excluding hydrogens is 198 g/mol. The molecule has 0 heterocycles. The molecule has 1 amide bonds. The fourth-order valence-corrected chi connectivity index (χ4v) is 1.05. The second-order valence-corrected chi connectivity index (χ2v) is 3.45. The van der Waals surface area contributed by atoms with Crippen molar-refractivity contribution in [2.45, 2.75) is 26.8 Å². The molecule has 0 saturated heterocycles. The average Bonchev–Trinajstić information content (AvgIpc) is 2.17. The Kier molecular flexibility index (Phi) is 6.08. The maximum absolute atomic E-state index is 11.1. The molecule has 6 nitrogen and oxygen atoms in total. The van der Waals surface area contributed by atoms with Crippen LogP contribution in [-0.2, 0) is 4.79 Å². The molecule has 0 aromatic carbocycles. The lowest BCUT2D eigenvalue weighted by atomic mass is 10.1. The van der Waals surface area contributed by atoms with Crippen LogP contribution < -0.4 is 5.32 Å². The molecule has 0 aromatic heterocycles. The lowest BCUT2D eigenvalue weighted by Crippen LogP contribution is -2.39. The van der Waals surface area contributed by atoms with Gasteiger partial charge in [0, 0.05) is 5.92 Å². The summed E-state index contributed by atoms with van der Waals surface area (Å²) in [5.41, 5.74) is 0. The summed E-state index contributed by atoms with van der Waals surface area (Å²) in [5, 5.41) is 24.5. The first-order valence-electron chi connectivity index (χ1n) is 4.74. The van der Waals surface area contributed by atoms with Gasteiger partial charge in [0.25, 0.3) is 0 Å². The van der Waals surface area contributed by atoms with Crippen molar-refractivity contribution in [3.05, 3.63) is 17.4 Å². The third-order valence-corrected chi connectivity index (χ3v) is 1.94. The molecule has 0 radical (unpaired) electrons. The first-order chi connectivity index (χ1) is 7.02. The van der Waals surface area contributed by atoms with Crippen LogP contribution in [0.15, 0.2) is 17.4 Å². The van der Waals surface area contributed by atoms with E-state index in [1.807, 2.05) is 13.8 Å². The van der Waals surface area contributed by atoms with E-state index in [4.69, 9.17) is 5.21 Å². The second-order valence-electron chi connectivity index (χ2n) is 3.45. The zero-order chi connectivity index (χ0) is 11.8. The van der Waals surface area contributed by atoms with Crippen molar-refractivity contribution in [1.29, 1.82) is 0 Å². The fraction of sp³-hybridized carbons (Fsp3) is 0.667. The number of allylic oxidation sites excluding steroid dienone is 1. The van der Waals surface area contributed by atoms with Gasteiger partial charge >= 0.3 is 0 Å². The lowest BCUT2D eigenvalue weighted by Gasteiger charge is -2.16. The van der Waals surface area contributed by atoms with Gasteiger partial charge in [0.15, 0.2) is 5.28 Å². The maximum atomic E-state index is 11.1. The summed E-state index contributed by atoms with van der Waals surface area (Å²) >= 11 is 0. The van der Waals surface area contributed by atoms with E-state index in [1.54, 1.807) is 13.0 Å². The van der Waals surface area contributed by atoms with Crippen molar-refractivity contribution < 1.29 is 14.9 Å². The smallest absolute Gasteiger partial charge is 0.243 e. The molecule has 0 aliphatic carbocycles. The number of nitrogens with zero attached hydrogens (tertiary/aromatic N) is 2. The summed E-state index contributed by atoms with van der Waals surface area (Å²) in [6.07, 6.45) is 2.97. The first kappa shape index (κ1) is 13.4. The average molecular weight is 215 g/mol. The summed E-state index contributed by atoms with van der Waals surface area (Å²) in [6.45, 7) is 5.49. The van der Waals surface area contributed by atoms with E-state index in [0.717, 1.165) is 0 Å². The number of rotatable bonds is 5. The maximum Gasteiger partial charge on any atom is 0.243 e. The highest BCUT2D eigenvalue weighted by molar-refractivity contribution is 5.87. The van der Waals surface area contributed by atoms with E-state index in [1.165, 1.54) is 6.08 Å². The molecule has 0 unspecified atom stereocenters. The summed E-state index contributed by atoms with van der Waals surface area (Å²) in [5.74, 6) is -0.293. The minimum atomic E-state index is -0.566. The van der Waals surface area contributed by atoms with Gasteiger partial charge in [0.2, 0.25) is 11.9 Å². The summed E-state index contributed by atoms with van der Waals surface area (Å²) in [7, 11) is 0. The molecule has 0 rings (SSSR count). The third-order valence-electron chi connectivity index (χ3n) is 1.94. The molecule has 15 heavy (non-hydrogen) atoms. The van der Waals surface area contributed by atoms with Gasteiger partial charge in [0.1, 0.15) is 0 Å². The van der Waals surface area contributed by atoms with Gasteiger partial charge in [-0.15, -0.1) is 0 Å². The molecule has 2 N–H and O–H groups in total. The Balaban J connectivity index is 4.26. The van der Waals surface area contributed by atoms with Crippen molar-refractivity contribution in [3.8, 4) is 0 Å². The quantitative estimate of drug-likeness (QED) is 0.311. The van der Waals surface area contributed by atoms with Gasteiger partial charge in [-0.2, -0.15) is 0 Å². The van der Waals surface area contributed by atoms with Crippen molar-refractivity contribution in [2.24, 2.45) is 11.2 Å². The fourth-order valence-electron chi connectivity index (χ4n) is 1.05. The van der Waals surface area contributed by atoms with Crippen LogP contribution in [0.5, 0.6) is 0 Å². The molecule has 0 saturated carbocycles. The van der Waals surface area contributed by atoms with Gasteiger partial charge < -0.3 is 15.7 Å². The highest BCUT2D eigenvalue weighted by Crippen LogP contribution is 2.04. The standard InChI is InChI=1S/C9H17N3O3/c1-4-5-9(13)10-6-8(7(2)3)12(15)11-14/h4-5,7-8,14H,6H2,1-3H3,(H,10,13)/b5-4+,12-11+/t8-/m1/s1. The van der Waals surface area contributed by atoms with Crippen LogP contribution in [0.25, 0.3) is 0 Å². The van der Waals surface area contributed by atoms with Crippen molar-refractivity contribution >= 4 is 5.91 Å². The minimum Gasteiger partial charge on any atom is -0.597 e. The van der Waals surface area contributed by atoms with Gasteiger partial charge in [-0.25, -0.2) is 0 Å². The minimum absolute atomic E-state index is 0.0238. The summed E-state index contributed by atoms with van der Waals surface area (Å²) in [6, 6.07) is -0.566. The van der Waals surface area contributed by atoms with E-state index < -0.39 is 6.04 Å². The number of hydrogen-bond donors (Lipinski definition) is 2. The van der Waals surface area contributed by atoms with Crippen LogP contribution in [0.2, 0.25) is 0 Å². The van der Waals surface area contributed by atoms with Crippen LogP contribution in [0.3, 0.4) is 0 Å². The number of carbonyl (C=O) groups is 1. The van der Waals surface area contributed by atoms with E-state index >= 15 is 0 Å². The molecular formula is C9H17N3O3. The second kappa shape index (κ2) is 6.80. The third kappa shape index (κ3) is 4.99. The highest BCUT2D eigenvalue weighted by atomic mass is 16.6. The van der Waals surface area contributed by atoms with Gasteiger partial charge in [-0.3, -0.25) is 4.79 Å². The lowest BCUT2D eigenvalue weighted by molar-refractivity contribution is -0.596. The van der Waals surface area contributed by atoms with Crippen LogP contribution in [-0.4, -0.2) is 28.6 Å². The monoisotopic (exact) mass is 215 g/mol. The zero-order valence-corrected chi connectivity index (χ0v) is 9.17. The van der Waals surface area contributed by atoms with E-state index in [9.17, 15) is 10.0 Å². The first-order valence-corrected chi connectivity index (χ1v) is 4.74. The number of nitrogens with one attached hydrogen (secondary N) is 1. The predicted molar refractivity (Wildman–Crippen MR) is 54.3 cm³/mol. The van der Waals surface area contributed by atoms with Crippen molar-refractivity contribution in [1.82, 2.24) is 5.32 Å². The Bertz CT molecular complexity index is 261. The number of hydroxylamine groups is 1. The van der Waals surface area contributed by atoms with Crippen LogP contribution in [0.1, 0.15) is 20.8 Å². The Morgan fingerprint density at radius 1 is 1.67 bits per heavy atom. The molecule has 1 atom stereocenters. The van der Waals surface area contributed by atoms with Crippen LogP contribution in [0.4, 0.5) is 0 Å². The van der Waals surface area contributed by atoms with E-state index in [0.29, 0.717) is 0 Å². The number of amides is 1. The normalized spacial score (nSPS) is 14.5. The van der Waals surface area contributed by atoms with Gasteiger partial charge in [-0.1, -0.05) is 24.8 Å². The van der Waals surface area contributed by atoms with E-state index in [-0.39, 0.29) is 23.2 Å². The van der Waals surface area contributed by atoms with Gasteiger partial charge in [0.05, 0.1) is 6.54 Å². The number of hydrogen-bond acceptors (Lipinski definition) is 3. The van der Waals surface area contributed by atoms with Crippen LogP contribution >= 0.6 is 0 Å². The van der Waals surface area contributed by atoms with Gasteiger partial charge in [-0.05, 0) is 13.0 Å². The molecule has 86 valence electrons. The Hall–Kier alpha value is -1.59. The topological polar surface area (TPSA) is 87.8 Å². The highest BCUT2D eigenvalue weighted by Gasteiger charge is 2.23. The molecule has 0 spiro atoms. The molecule has 0 aromatic rings. The Morgan fingerprint density at radius 3 is 2.67 bits per heavy atom. The summed E-state index contributed by atoms with van der Waals surface area (Å²) in [4.78, 5) is 11.3. The largest absolute Gasteiger partial charge is 0.597 e. The van der Waals surface area contributed by atoms with Crippen molar-refractivity contribution in [2.75, 3.05) is 6.54 Å². The van der Waals surface area contributed by atoms with Crippen LogP contribution in [0, 0.1) is 11.1 Å². The molecule has 0 aliphatic rings. The predicted octanol–water partition coefficient (Wildman–Crippen LogP) is 1.05. The van der Waals surface area contributed by atoms with Crippen molar-refractivity contribution in [3.63, 3.8) is 0 Å². The zero-order valence-electron chi connectivity index (χ0n) is 9.17.